The molecule has 0 radical (unpaired) electrons. The van der Waals surface area contributed by atoms with Crippen LogP contribution in [0.5, 0.6) is 0 Å². The minimum Gasteiger partial charge on any atom is -0.378 e. The van der Waals surface area contributed by atoms with Gasteiger partial charge in [0.05, 0.1) is 5.69 Å². The van der Waals surface area contributed by atoms with E-state index in [1.54, 1.807) is 10.9 Å². The van der Waals surface area contributed by atoms with E-state index in [1.807, 2.05) is 80.5 Å². The van der Waals surface area contributed by atoms with Crippen molar-refractivity contribution in [1.82, 2.24) is 25.3 Å². The summed E-state index contributed by atoms with van der Waals surface area (Å²) in [6.45, 7) is 2.37. The van der Waals surface area contributed by atoms with Gasteiger partial charge in [-0.2, -0.15) is 4.68 Å². The lowest BCUT2D eigenvalue weighted by molar-refractivity contribution is 0.0950. The first-order chi connectivity index (χ1) is 14.0. The number of fused-ring (bicyclic) bond motifs is 1. The van der Waals surface area contributed by atoms with Gasteiger partial charge >= 0.3 is 0 Å². The number of anilines is 1. The van der Waals surface area contributed by atoms with Gasteiger partial charge in [-0.25, -0.2) is 4.98 Å². The van der Waals surface area contributed by atoms with Crippen LogP contribution in [0.4, 0.5) is 5.69 Å². The highest BCUT2D eigenvalue weighted by molar-refractivity contribution is 5.96. The van der Waals surface area contributed by atoms with Gasteiger partial charge in [0.15, 0.2) is 5.65 Å². The van der Waals surface area contributed by atoms with Crippen LogP contribution in [-0.2, 0) is 6.54 Å². The number of hydrogen-bond donors (Lipinski definition) is 1. The molecule has 0 saturated carbocycles. The maximum Gasteiger partial charge on any atom is 0.251 e. The van der Waals surface area contributed by atoms with E-state index in [0.29, 0.717) is 23.3 Å². The molecule has 0 fully saturated rings. The molecule has 1 amide bonds. The average molecular weight is 386 g/mol. The molecular weight excluding hydrogens is 364 g/mol. The molecule has 0 aliphatic heterocycles. The highest BCUT2D eigenvalue weighted by Gasteiger charge is 2.15. The molecule has 4 aromatic rings. The van der Waals surface area contributed by atoms with E-state index in [-0.39, 0.29) is 5.91 Å². The number of rotatable bonds is 5. The molecule has 146 valence electrons. The van der Waals surface area contributed by atoms with Crippen molar-refractivity contribution in [3.8, 4) is 5.69 Å². The van der Waals surface area contributed by atoms with Gasteiger partial charge in [-0.15, -0.1) is 5.10 Å². The van der Waals surface area contributed by atoms with Gasteiger partial charge in [0.1, 0.15) is 5.52 Å². The molecule has 7 nitrogen and oxygen atoms in total. The van der Waals surface area contributed by atoms with Crippen molar-refractivity contribution in [1.29, 1.82) is 0 Å². The van der Waals surface area contributed by atoms with Gasteiger partial charge in [0.25, 0.3) is 5.91 Å². The SMILES string of the molecule is Cc1c(C(=O)NCc2ccc(N(C)C)cc2)cccc1-n1nnc2cccnc21. The van der Waals surface area contributed by atoms with E-state index in [4.69, 9.17) is 0 Å². The number of aromatic nitrogens is 4. The van der Waals surface area contributed by atoms with Crippen molar-refractivity contribution in [2.24, 2.45) is 0 Å². The Kier molecular flexibility index (Phi) is 4.95. The monoisotopic (exact) mass is 386 g/mol. The summed E-state index contributed by atoms with van der Waals surface area (Å²) in [6.07, 6.45) is 1.70. The lowest BCUT2D eigenvalue weighted by Gasteiger charge is -2.14. The molecule has 0 saturated heterocycles. The van der Waals surface area contributed by atoms with Crippen LogP contribution in [0.25, 0.3) is 16.9 Å². The summed E-state index contributed by atoms with van der Waals surface area (Å²) in [5, 5.41) is 11.4. The number of pyridine rings is 1. The Bertz CT molecular complexity index is 1160. The van der Waals surface area contributed by atoms with Gasteiger partial charge in [-0.1, -0.05) is 23.4 Å². The molecule has 0 unspecified atom stereocenters. The zero-order valence-corrected chi connectivity index (χ0v) is 16.6. The third-order valence-corrected chi connectivity index (χ3v) is 4.89. The van der Waals surface area contributed by atoms with E-state index < -0.39 is 0 Å². The normalized spacial score (nSPS) is 10.9. The first kappa shape index (κ1) is 18.6. The summed E-state index contributed by atoms with van der Waals surface area (Å²) in [4.78, 5) is 19.2. The van der Waals surface area contributed by atoms with Crippen LogP contribution in [0.3, 0.4) is 0 Å². The minimum absolute atomic E-state index is 0.126. The molecule has 0 atom stereocenters. The average Bonchev–Trinajstić information content (AvgIpc) is 3.16. The fourth-order valence-electron chi connectivity index (χ4n) is 3.22. The zero-order chi connectivity index (χ0) is 20.4. The Morgan fingerprint density at radius 2 is 1.86 bits per heavy atom. The van der Waals surface area contributed by atoms with Crippen LogP contribution in [0.1, 0.15) is 21.5 Å². The molecular formula is C22H22N6O. The summed E-state index contributed by atoms with van der Waals surface area (Å²) in [5.41, 5.74) is 5.75. The first-order valence-electron chi connectivity index (χ1n) is 9.35. The maximum atomic E-state index is 12.8. The van der Waals surface area contributed by atoms with E-state index >= 15 is 0 Å². The molecule has 0 spiro atoms. The number of nitrogens with one attached hydrogen (secondary N) is 1. The molecule has 0 bridgehead atoms. The third-order valence-electron chi connectivity index (χ3n) is 4.89. The molecule has 7 heteroatoms. The van der Waals surface area contributed by atoms with Crippen molar-refractivity contribution in [3.63, 3.8) is 0 Å². The van der Waals surface area contributed by atoms with Crippen LogP contribution in [0, 0.1) is 6.92 Å². The minimum atomic E-state index is -0.126. The maximum absolute atomic E-state index is 12.8. The topological polar surface area (TPSA) is 75.9 Å². The summed E-state index contributed by atoms with van der Waals surface area (Å²) in [7, 11) is 4.00. The standard InChI is InChI=1S/C22H22N6O/c1-15-18(22(29)24-14-16-9-11-17(12-10-16)27(2)3)6-4-8-20(15)28-21-19(25-26-28)7-5-13-23-21/h4-13H,14H2,1-3H3,(H,24,29). The molecule has 4 rings (SSSR count). The molecule has 2 aromatic carbocycles. The molecule has 0 aliphatic rings. The lowest BCUT2D eigenvalue weighted by atomic mass is 10.1. The highest BCUT2D eigenvalue weighted by Crippen LogP contribution is 2.21. The summed E-state index contributed by atoms with van der Waals surface area (Å²) < 4.78 is 1.67. The van der Waals surface area contributed by atoms with Crippen molar-refractivity contribution < 1.29 is 4.79 Å². The van der Waals surface area contributed by atoms with Crippen LogP contribution in [0.15, 0.2) is 60.8 Å². The second kappa shape index (κ2) is 7.71. The Morgan fingerprint density at radius 1 is 1.07 bits per heavy atom. The Morgan fingerprint density at radius 3 is 2.62 bits per heavy atom. The van der Waals surface area contributed by atoms with Crippen LogP contribution >= 0.6 is 0 Å². The molecule has 29 heavy (non-hydrogen) atoms. The number of benzene rings is 2. The van der Waals surface area contributed by atoms with Crippen molar-refractivity contribution in [2.75, 3.05) is 19.0 Å². The fourth-order valence-corrected chi connectivity index (χ4v) is 3.22. The largest absolute Gasteiger partial charge is 0.378 e. The van der Waals surface area contributed by atoms with E-state index in [9.17, 15) is 4.79 Å². The first-order valence-corrected chi connectivity index (χ1v) is 9.35. The van der Waals surface area contributed by atoms with Crippen molar-refractivity contribution >= 4 is 22.8 Å². The van der Waals surface area contributed by atoms with Crippen LogP contribution in [0.2, 0.25) is 0 Å². The van der Waals surface area contributed by atoms with Gasteiger partial charge in [-0.05, 0) is 54.4 Å². The highest BCUT2D eigenvalue weighted by atomic mass is 16.1. The van der Waals surface area contributed by atoms with E-state index in [2.05, 4.69) is 20.6 Å². The zero-order valence-electron chi connectivity index (χ0n) is 16.6. The molecule has 2 heterocycles. The number of hydrogen-bond acceptors (Lipinski definition) is 5. The number of nitrogens with zero attached hydrogens (tertiary/aromatic N) is 5. The molecule has 0 aliphatic carbocycles. The number of carbonyl (C=O) groups is 1. The summed E-state index contributed by atoms with van der Waals surface area (Å²) in [5.74, 6) is -0.126. The molecule has 1 N–H and O–H groups in total. The second-order valence-corrected chi connectivity index (χ2v) is 7.04. The van der Waals surface area contributed by atoms with Gasteiger partial charge in [0.2, 0.25) is 0 Å². The quantitative estimate of drug-likeness (QED) is 0.570. The predicted octanol–water partition coefficient (Wildman–Crippen LogP) is 3.12. The predicted molar refractivity (Wildman–Crippen MR) is 113 cm³/mol. The summed E-state index contributed by atoms with van der Waals surface area (Å²) >= 11 is 0. The van der Waals surface area contributed by atoms with Gasteiger partial charge in [0, 0.05) is 38.1 Å². The van der Waals surface area contributed by atoms with E-state index in [0.717, 1.165) is 22.5 Å². The molecule has 2 aromatic heterocycles. The second-order valence-electron chi connectivity index (χ2n) is 7.04. The fraction of sp³-hybridized carbons (Fsp3) is 0.182. The van der Waals surface area contributed by atoms with E-state index in [1.165, 1.54) is 0 Å². The van der Waals surface area contributed by atoms with Crippen LogP contribution < -0.4 is 10.2 Å². The number of carbonyl (C=O) groups excluding carboxylic acids is 1. The van der Waals surface area contributed by atoms with Crippen molar-refractivity contribution in [2.45, 2.75) is 13.5 Å². The van der Waals surface area contributed by atoms with Crippen LogP contribution in [-0.4, -0.2) is 40.0 Å². The van der Waals surface area contributed by atoms with Crippen molar-refractivity contribution in [3.05, 3.63) is 77.5 Å². The smallest absolute Gasteiger partial charge is 0.251 e. The summed E-state index contributed by atoms with van der Waals surface area (Å²) in [6, 6.07) is 17.4. The van der Waals surface area contributed by atoms with Gasteiger partial charge < -0.3 is 10.2 Å². The Labute approximate surface area is 169 Å². The Hall–Kier alpha value is -3.74. The lowest BCUT2D eigenvalue weighted by Crippen LogP contribution is -2.24. The van der Waals surface area contributed by atoms with Gasteiger partial charge in [-0.3, -0.25) is 4.79 Å². The Balaban J connectivity index is 1.56. The third kappa shape index (κ3) is 3.67. The number of amides is 1.